The molecule has 0 bridgehead atoms. The summed E-state index contributed by atoms with van der Waals surface area (Å²) in [5.74, 6) is -0.665. The van der Waals surface area contributed by atoms with Crippen LogP contribution < -0.4 is 10.2 Å². The number of para-hydroxylation sites is 1. The molecule has 0 saturated carbocycles. The molecule has 2 aromatic rings. The number of ether oxygens (including phenoxy) is 1. The predicted molar refractivity (Wildman–Crippen MR) is 123 cm³/mol. The number of carbonyl (C=O) groups excluding carboxylic acids is 1. The molecule has 0 unspecified atom stereocenters. The second kappa shape index (κ2) is 9.86. The molecular formula is C22H26N4O6S. The zero-order chi connectivity index (χ0) is 23.4. The number of nitrogens with zero attached hydrogens (tertiary/aromatic N) is 3. The zero-order valence-corrected chi connectivity index (χ0v) is 18.9. The molecule has 1 amide bonds. The number of piperidine rings is 1. The quantitative estimate of drug-likeness (QED) is 0.505. The van der Waals surface area contributed by atoms with Crippen LogP contribution in [0.1, 0.15) is 29.6 Å². The van der Waals surface area contributed by atoms with Crippen LogP contribution in [0.4, 0.5) is 17.1 Å². The molecule has 0 atom stereocenters. The lowest BCUT2D eigenvalue weighted by Gasteiger charge is -2.31. The summed E-state index contributed by atoms with van der Waals surface area (Å²) in [4.78, 5) is 26.0. The molecule has 0 aliphatic carbocycles. The van der Waals surface area contributed by atoms with E-state index in [1.165, 1.54) is 28.6 Å². The number of carbonyl (C=O) groups is 1. The van der Waals surface area contributed by atoms with Gasteiger partial charge in [0.2, 0.25) is 10.0 Å². The lowest BCUT2D eigenvalue weighted by Crippen LogP contribution is -2.40. The molecule has 33 heavy (non-hydrogen) atoms. The summed E-state index contributed by atoms with van der Waals surface area (Å²) in [6.45, 7) is 2.73. The van der Waals surface area contributed by atoms with Crippen molar-refractivity contribution < 1.29 is 22.9 Å². The van der Waals surface area contributed by atoms with Gasteiger partial charge in [-0.2, -0.15) is 4.31 Å². The van der Waals surface area contributed by atoms with Gasteiger partial charge in [-0.05, 0) is 43.5 Å². The van der Waals surface area contributed by atoms with Gasteiger partial charge < -0.3 is 15.0 Å². The number of morpholine rings is 1. The minimum Gasteiger partial charge on any atom is -0.379 e. The fourth-order valence-corrected chi connectivity index (χ4v) is 5.57. The molecule has 4 rings (SSSR count). The molecule has 176 valence electrons. The predicted octanol–water partition coefficient (Wildman–Crippen LogP) is 2.86. The molecule has 2 aromatic carbocycles. The van der Waals surface area contributed by atoms with E-state index in [1.54, 1.807) is 18.2 Å². The third-order valence-electron chi connectivity index (χ3n) is 5.87. The monoisotopic (exact) mass is 474 g/mol. The van der Waals surface area contributed by atoms with Gasteiger partial charge in [0.25, 0.3) is 11.6 Å². The first-order chi connectivity index (χ1) is 15.9. The summed E-state index contributed by atoms with van der Waals surface area (Å²) >= 11 is 0. The molecule has 10 nitrogen and oxygen atoms in total. The van der Waals surface area contributed by atoms with E-state index in [1.807, 2.05) is 0 Å². The number of nitro benzene ring substituents is 1. The largest absolute Gasteiger partial charge is 0.379 e. The first-order valence-electron chi connectivity index (χ1n) is 10.9. The highest BCUT2D eigenvalue weighted by Crippen LogP contribution is 2.33. The van der Waals surface area contributed by atoms with Crippen LogP contribution in [0, 0.1) is 10.1 Å². The normalized spacial score (nSPS) is 17.5. The molecule has 1 N–H and O–H groups in total. The Morgan fingerprint density at radius 2 is 1.70 bits per heavy atom. The van der Waals surface area contributed by atoms with Crippen molar-refractivity contribution in [2.24, 2.45) is 0 Å². The van der Waals surface area contributed by atoms with Crippen molar-refractivity contribution in [1.29, 1.82) is 0 Å². The van der Waals surface area contributed by atoms with Crippen LogP contribution in [0.25, 0.3) is 0 Å². The fourth-order valence-electron chi connectivity index (χ4n) is 4.14. The van der Waals surface area contributed by atoms with Gasteiger partial charge >= 0.3 is 0 Å². The van der Waals surface area contributed by atoms with Gasteiger partial charge in [-0.25, -0.2) is 8.42 Å². The van der Waals surface area contributed by atoms with Gasteiger partial charge in [0, 0.05) is 32.2 Å². The number of rotatable bonds is 6. The Labute approximate surface area is 192 Å². The lowest BCUT2D eigenvalue weighted by atomic mass is 10.1. The summed E-state index contributed by atoms with van der Waals surface area (Å²) in [5.41, 5.74) is 0.608. The first kappa shape index (κ1) is 23.1. The van der Waals surface area contributed by atoms with Crippen LogP contribution >= 0.6 is 0 Å². The molecule has 0 aromatic heterocycles. The number of anilines is 2. The third-order valence-corrected chi connectivity index (χ3v) is 7.76. The second-order valence-electron chi connectivity index (χ2n) is 7.97. The maximum absolute atomic E-state index is 13.2. The minimum atomic E-state index is -3.78. The number of nitrogens with one attached hydrogen (secondary N) is 1. The van der Waals surface area contributed by atoms with Crippen LogP contribution in [-0.4, -0.2) is 62.9 Å². The van der Waals surface area contributed by atoms with E-state index in [0.717, 1.165) is 32.4 Å². The van der Waals surface area contributed by atoms with Gasteiger partial charge in [0.15, 0.2) is 0 Å². The van der Waals surface area contributed by atoms with E-state index in [-0.39, 0.29) is 29.2 Å². The maximum atomic E-state index is 13.2. The molecule has 2 saturated heterocycles. The summed E-state index contributed by atoms with van der Waals surface area (Å²) in [6.07, 6.45) is 3.09. The van der Waals surface area contributed by atoms with Crippen LogP contribution in [0.5, 0.6) is 0 Å². The Bertz CT molecular complexity index is 1140. The van der Waals surface area contributed by atoms with Gasteiger partial charge in [-0.1, -0.05) is 12.1 Å². The number of amides is 1. The Kier molecular flexibility index (Phi) is 6.91. The number of hydrogen-bond donors (Lipinski definition) is 1. The van der Waals surface area contributed by atoms with Crippen molar-refractivity contribution >= 4 is 33.0 Å². The topological polar surface area (TPSA) is 122 Å². The SMILES string of the molecule is O=C(Nc1cc(S(=O)(=O)N2CCOCC2)ccc1N1CCCCC1)c1ccccc1[N+](=O)[O-]. The van der Waals surface area contributed by atoms with Gasteiger partial charge in [-0.15, -0.1) is 0 Å². The second-order valence-corrected chi connectivity index (χ2v) is 9.91. The number of benzene rings is 2. The van der Waals surface area contributed by atoms with Crippen molar-refractivity contribution in [1.82, 2.24) is 4.31 Å². The smallest absolute Gasteiger partial charge is 0.282 e. The Balaban J connectivity index is 1.71. The molecule has 11 heteroatoms. The Hall–Kier alpha value is -3.02. The lowest BCUT2D eigenvalue weighted by molar-refractivity contribution is -0.385. The summed E-state index contributed by atoms with van der Waals surface area (Å²) in [7, 11) is -3.78. The fraction of sp³-hybridized carbons (Fsp3) is 0.409. The molecule has 0 radical (unpaired) electrons. The van der Waals surface area contributed by atoms with E-state index >= 15 is 0 Å². The summed E-state index contributed by atoms with van der Waals surface area (Å²) < 4.78 is 33.0. The Morgan fingerprint density at radius 3 is 2.39 bits per heavy atom. The van der Waals surface area contributed by atoms with E-state index in [0.29, 0.717) is 24.6 Å². The summed E-state index contributed by atoms with van der Waals surface area (Å²) in [5, 5.41) is 14.1. The van der Waals surface area contributed by atoms with Gasteiger partial charge in [-0.3, -0.25) is 14.9 Å². The van der Waals surface area contributed by atoms with Crippen molar-refractivity contribution in [2.75, 3.05) is 49.6 Å². The van der Waals surface area contributed by atoms with Crippen molar-refractivity contribution in [2.45, 2.75) is 24.2 Å². The van der Waals surface area contributed by atoms with E-state index in [9.17, 15) is 23.3 Å². The van der Waals surface area contributed by atoms with E-state index < -0.39 is 20.9 Å². The third kappa shape index (κ3) is 5.00. The molecule has 2 aliphatic heterocycles. The van der Waals surface area contributed by atoms with Gasteiger partial charge in [0.1, 0.15) is 5.56 Å². The first-order valence-corrected chi connectivity index (χ1v) is 12.3. The van der Waals surface area contributed by atoms with Crippen molar-refractivity contribution in [3.8, 4) is 0 Å². The van der Waals surface area contributed by atoms with E-state index in [4.69, 9.17) is 4.74 Å². The highest BCUT2D eigenvalue weighted by molar-refractivity contribution is 7.89. The molecule has 2 aliphatic rings. The highest BCUT2D eigenvalue weighted by Gasteiger charge is 2.28. The van der Waals surface area contributed by atoms with Crippen LogP contribution in [0.15, 0.2) is 47.4 Å². The zero-order valence-electron chi connectivity index (χ0n) is 18.1. The van der Waals surface area contributed by atoms with Gasteiger partial charge in [0.05, 0.1) is 34.4 Å². The average molecular weight is 475 g/mol. The molecule has 2 heterocycles. The van der Waals surface area contributed by atoms with Crippen LogP contribution in [0.2, 0.25) is 0 Å². The minimum absolute atomic E-state index is 0.0584. The molecular weight excluding hydrogens is 448 g/mol. The maximum Gasteiger partial charge on any atom is 0.282 e. The van der Waals surface area contributed by atoms with Crippen LogP contribution in [0.3, 0.4) is 0 Å². The number of nitro groups is 1. The number of hydrogen-bond acceptors (Lipinski definition) is 7. The molecule has 2 fully saturated rings. The van der Waals surface area contributed by atoms with E-state index in [2.05, 4.69) is 10.2 Å². The standard InChI is InChI=1S/C22H26N4O6S/c27-22(18-6-2-3-7-20(18)26(28)29)23-19-16-17(33(30,31)25-12-14-32-15-13-25)8-9-21(19)24-10-4-1-5-11-24/h2-3,6-9,16H,1,4-5,10-15H2,(H,23,27). The summed E-state index contributed by atoms with van der Waals surface area (Å²) in [6, 6.07) is 10.4. The Morgan fingerprint density at radius 1 is 1.00 bits per heavy atom. The van der Waals surface area contributed by atoms with Crippen LogP contribution in [-0.2, 0) is 14.8 Å². The van der Waals surface area contributed by atoms with Crippen molar-refractivity contribution in [3.63, 3.8) is 0 Å². The average Bonchev–Trinajstić information content (AvgIpc) is 2.85. The number of sulfonamides is 1. The highest BCUT2D eigenvalue weighted by atomic mass is 32.2. The van der Waals surface area contributed by atoms with Crippen molar-refractivity contribution in [3.05, 3.63) is 58.1 Å². The molecule has 0 spiro atoms.